The monoisotopic (exact) mass is 279 g/mol. The minimum atomic E-state index is -0.0385. The van der Waals surface area contributed by atoms with Crippen LogP contribution in [0.3, 0.4) is 0 Å². The topological polar surface area (TPSA) is 58.8 Å². The van der Waals surface area contributed by atoms with E-state index in [0.29, 0.717) is 31.3 Å². The van der Waals surface area contributed by atoms with Gasteiger partial charge in [0.25, 0.3) is 0 Å². The Bertz CT molecular complexity index is 487. The van der Waals surface area contributed by atoms with E-state index in [-0.39, 0.29) is 6.03 Å². The molecule has 1 aliphatic heterocycles. The first-order valence-corrected chi connectivity index (χ1v) is 6.50. The molecule has 5 nitrogen and oxygen atoms in total. The number of hydrogen-bond acceptors (Lipinski definition) is 3. The summed E-state index contributed by atoms with van der Waals surface area (Å²) in [4.78, 5) is 16.0. The molecule has 0 saturated carbocycles. The van der Waals surface area contributed by atoms with E-state index >= 15 is 0 Å². The molecular formula is C13H17N3O2S. The van der Waals surface area contributed by atoms with E-state index in [1.54, 1.807) is 16.8 Å². The summed E-state index contributed by atoms with van der Waals surface area (Å²) in [6.45, 7) is 2.43. The zero-order valence-corrected chi connectivity index (χ0v) is 11.7. The molecule has 6 heteroatoms. The number of ether oxygens (including phenoxy) is 1. The van der Waals surface area contributed by atoms with Crippen LogP contribution in [0.2, 0.25) is 0 Å². The molecule has 2 rings (SSSR count). The fraction of sp³-hybridized carbons (Fsp3) is 0.385. The van der Waals surface area contributed by atoms with Crippen molar-refractivity contribution in [1.82, 2.24) is 4.90 Å². The van der Waals surface area contributed by atoms with Gasteiger partial charge < -0.3 is 15.4 Å². The summed E-state index contributed by atoms with van der Waals surface area (Å²) in [6, 6.07) is 7.32. The number of morpholine rings is 1. The molecule has 0 atom stereocenters. The highest BCUT2D eigenvalue weighted by Gasteiger charge is 2.21. The van der Waals surface area contributed by atoms with Crippen molar-refractivity contribution in [3.63, 3.8) is 0 Å². The van der Waals surface area contributed by atoms with Crippen LogP contribution in [0.1, 0.15) is 5.56 Å². The molecule has 0 aromatic heterocycles. The van der Waals surface area contributed by atoms with E-state index < -0.39 is 0 Å². The lowest BCUT2D eigenvalue weighted by atomic mass is 10.2. The molecule has 2 N–H and O–H groups in total. The Morgan fingerprint density at radius 1 is 1.42 bits per heavy atom. The number of urea groups is 1. The Balaban J connectivity index is 2.13. The molecule has 1 aromatic carbocycles. The van der Waals surface area contributed by atoms with Gasteiger partial charge in [0.1, 0.15) is 4.99 Å². The summed E-state index contributed by atoms with van der Waals surface area (Å²) in [5, 5.41) is 0. The zero-order valence-electron chi connectivity index (χ0n) is 10.8. The van der Waals surface area contributed by atoms with Crippen LogP contribution >= 0.6 is 12.2 Å². The van der Waals surface area contributed by atoms with Crippen molar-refractivity contribution < 1.29 is 9.53 Å². The SMILES string of the molecule is CN(C(=O)N1CCOCC1)c1cccc(C(N)=S)c1. The van der Waals surface area contributed by atoms with Crippen LogP contribution in [0.15, 0.2) is 24.3 Å². The molecule has 102 valence electrons. The van der Waals surface area contributed by atoms with Crippen molar-refractivity contribution >= 4 is 28.9 Å². The fourth-order valence-corrected chi connectivity index (χ4v) is 2.07. The summed E-state index contributed by atoms with van der Waals surface area (Å²) in [5.41, 5.74) is 7.14. The number of hydrogen-bond donors (Lipinski definition) is 1. The molecule has 1 fully saturated rings. The fourth-order valence-electron chi connectivity index (χ4n) is 1.95. The van der Waals surface area contributed by atoms with Crippen LogP contribution in [0, 0.1) is 0 Å². The Morgan fingerprint density at radius 2 is 2.11 bits per heavy atom. The van der Waals surface area contributed by atoms with Gasteiger partial charge in [0.05, 0.1) is 13.2 Å². The van der Waals surface area contributed by atoms with Gasteiger partial charge in [0.15, 0.2) is 0 Å². The van der Waals surface area contributed by atoms with E-state index in [4.69, 9.17) is 22.7 Å². The van der Waals surface area contributed by atoms with Crippen molar-refractivity contribution in [2.24, 2.45) is 5.73 Å². The molecule has 1 aromatic rings. The lowest BCUT2D eigenvalue weighted by molar-refractivity contribution is 0.0551. The summed E-state index contributed by atoms with van der Waals surface area (Å²) in [7, 11) is 1.75. The summed E-state index contributed by atoms with van der Waals surface area (Å²) >= 11 is 4.95. The third-order valence-electron chi connectivity index (χ3n) is 3.09. The van der Waals surface area contributed by atoms with Gasteiger partial charge in [-0.3, -0.25) is 4.90 Å². The number of carbonyl (C=O) groups excluding carboxylic acids is 1. The first-order chi connectivity index (χ1) is 9.09. The highest BCUT2D eigenvalue weighted by Crippen LogP contribution is 2.17. The van der Waals surface area contributed by atoms with Crippen LogP contribution in [0.25, 0.3) is 0 Å². The maximum absolute atomic E-state index is 12.3. The summed E-state index contributed by atoms with van der Waals surface area (Å²) < 4.78 is 5.24. The molecule has 0 bridgehead atoms. The second-order valence-corrected chi connectivity index (χ2v) is 4.80. The first kappa shape index (κ1) is 13.8. The molecule has 0 spiro atoms. The van der Waals surface area contributed by atoms with Crippen molar-refractivity contribution in [1.29, 1.82) is 0 Å². The minimum absolute atomic E-state index is 0.0385. The second kappa shape index (κ2) is 5.99. The Labute approximate surface area is 117 Å². The number of nitrogens with two attached hydrogens (primary N) is 1. The van der Waals surface area contributed by atoms with Crippen LogP contribution in [-0.4, -0.2) is 49.3 Å². The third-order valence-corrected chi connectivity index (χ3v) is 3.32. The average Bonchev–Trinajstić information content (AvgIpc) is 2.46. The van der Waals surface area contributed by atoms with Gasteiger partial charge in [0, 0.05) is 31.4 Å². The number of carbonyl (C=O) groups is 1. The molecule has 0 radical (unpaired) electrons. The van der Waals surface area contributed by atoms with Gasteiger partial charge in [-0.25, -0.2) is 4.79 Å². The highest BCUT2D eigenvalue weighted by molar-refractivity contribution is 7.80. The Morgan fingerprint density at radius 3 is 2.74 bits per heavy atom. The number of nitrogens with zero attached hydrogens (tertiary/aromatic N) is 2. The van der Waals surface area contributed by atoms with Crippen LogP contribution < -0.4 is 10.6 Å². The Kier molecular flexibility index (Phi) is 4.34. The molecule has 2 amide bonds. The van der Waals surface area contributed by atoms with E-state index in [2.05, 4.69) is 0 Å². The minimum Gasteiger partial charge on any atom is -0.389 e. The van der Waals surface area contributed by atoms with Gasteiger partial charge in [-0.1, -0.05) is 24.4 Å². The van der Waals surface area contributed by atoms with E-state index in [1.807, 2.05) is 24.3 Å². The predicted octanol–water partition coefficient (Wildman–Crippen LogP) is 1.21. The molecule has 19 heavy (non-hydrogen) atoms. The molecule has 1 heterocycles. The maximum Gasteiger partial charge on any atom is 0.324 e. The van der Waals surface area contributed by atoms with Gasteiger partial charge >= 0.3 is 6.03 Å². The maximum atomic E-state index is 12.3. The van der Waals surface area contributed by atoms with Gasteiger partial charge in [-0.05, 0) is 12.1 Å². The number of anilines is 1. The Hall–Kier alpha value is -1.66. The van der Waals surface area contributed by atoms with Crippen molar-refractivity contribution in [3.05, 3.63) is 29.8 Å². The summed E-state index contributed by atoms with van der Waals surface area (Å²) in [5.74, 6) is 0. The summed E-state index contributed by atoms with van der Waals surface area (Å²) in [6.07, 6.45) is 0. The predicted molar refractivity (Wildman–Crippen MR) is 78.5 cm³/mol. The lowest BCUT2D eigenvalue weighted by Gasteiger charge is -2.31. The van der Waals surface area contributed by atoms with Crippen molar-refractivity contribution in [3.8, 4) is 0 Å². The van der Waals surface area contributed by atoms with E-state index in [9.17, 15) is 4.79 Å². The number of thiocarbonyl (C=S) groups is 1. The average molecular weight is 279 g/mol. The highest BCUT2D eigenvalue weighted by atomic mass is 32.1. The number of amides is 2. The largest absolute Gasteiger partial charge is 0.389 e. The van der Waals surface area contributed by atoms with Crippen LogP contribution in [0.4, 0.5) is 10.5 Å². The van der Waals surface area contributed by atoms with Crippen LogP contribution in [-0.2, 0) is 4.74 Å². The quantitative estimate of drug-likeness (QED) is 0.827. The molecule has 0 aliphatic carbocycles. The van der Waals surface area contributed by atoms with E-state index in [1.165, 1.54) is 0 Å². The van der Waals surface area contributed by atoms with Crippen molar-refractivity contribution in [2.45, 2.75) is 0 Å². The first-order valence-electron chi connectivity index (χ1n) is 6.10. The van der Waals surface area contributed by atoms with Gasteiger partial charge in [-0.15, -0.1) is 0 Å². The molecule has 0 unspecified atom stereocenters. The zero-order chi connectivity index (χ0) is 13.8. The number of benzene rings is 1. The van der Waals surface area contributed by atoms with Crippen molar-refractivity contribution in [2.75, 3.05) is 38.3 Å². The number of rotatable bonds is 2. The molecular weight excluding hydrogens is 262 g/mol. The third kappa shape index (κ3) is 3.21. The lowest BCUT2D eigenvalue weighted by Crippen LogP contribution is -2.47. The van der Waals surface area contributed by atoms with Gasteiger partial charge in [0.2, 0.25) is 0 Å². The molecule has 1 saturated heterocycles. The normalized spacial score (nSPS) is 15.1. The van der Waals surface area contributed by atoms with Gasteiger partial charge in [-0.2, -0.15) is 0 Å². The van der Waals surface area contributed by atoms with Crippen LogP contribution in [0.5, 0.6) is 0 Å². The molecule has 1 aliphatic rings. The van der Waals surface area contributed by atoms with E-state index in [0.717, 1.165) is 11.3 Å². The second-order valence-electron chi connectivity index (χ2n) is 4.36. The standard InChI is InChI=1S/C13H17N3O2S/c1-15(13(17)16-5-7-18-8-6-16)11-4-2-3-10(9-11)12(14)19/h2-4,9H,5-8H2,1H3,(H2,14,19). The smallest absolute Gasteiger partial charge is 0.324 e.